The highest BCUT2D eigenvalue weighted by Gasteiger charge is 2.24. The Morgan fingerprint density at radius 1 is 0.828 bits per heavy atom. The predicted molar refractivity (Wildman–Crippen MR) is 114 cm³/mol. The van der Waals surface area contributed by atoms with E-state index in [1.54, 1.807) is 4.90 Å². The van der Waals surface area contributed by atoms with E-state index in [9.17, 15) is 9.59 Å². The molecule has 4 N–H and O–H groups in total. The van der Waals surface area contributed by atoms with E-state index in [2.05, 4.69) is 34.9 Å². The summed E-state index contributed by atoms with van der Waals surface area (Å²) in [6, 6.07) is 16.4. The molecule has 1 aliphatic heterocycles. The van der Waals surface area contributed by atoms with E-state index in [-0.39, 0.29) is 18.4 Å². The molecule has 0 bridgehead atoms. The molecule has 6 nitrogen and oxygen atoms in total. The normalized spacial score (nSPS) is 18.8. The number of para-hydroxylation sites is 1. The summed E-state index contributed by atoms with van der Waals surface area (Å²) in [5.74, 6) is -0.258. The van der Waals surface area contributed by atoms with E-state index in [0.717, 1.165) is 49.5 Å². The first-order chi connectivity index (χ1) is 14.0. The van der Waals surface area contributed by atoms with Gasteiger partial charge in [-0.3, -0.25) is 9.59 Å². The topological polar surface area (TPSA) is 67.1 Å². The quantitative estimate of drug-likeness (QED) is 0.502. The fourth-order valence-corrected chi connectivity index (χ4v) is 3.86. The van der Waals surface area contributed by atoms with Crippen molar-refractivity contribution in [3.05, 3.63) is 65.2 Å². The van der Waals surface area contributed by atoms with Crippen LogP contribution in [0.3, 0.4) is 0 Å². The highest BCUT2D eigenvalue weighted by atomic mass is 16.2. The van der Waals surface area contributed by atoms with Crippen molar-refractivity contribution in [2.45, 2.75) is 20.4 Å². The molecule has 1 fully saturated rings. The van der Waals surface area contributed by atoms with Crippen LogP contribution in [0, 0.1) is 13.8 Å². The zero-order chi connectivity index (χ0) is 20.6. The number of nitrogens with one attached hydrogen (secondary N) is 4. The molecular weight excluding hydrogens is 364 g/mol. The van der Waals surface area contributed by atoms with E-state index in [0.29, 0.717) is 6.54 Å². The van der Waals surface area contributed by atoms with E-state index < -0.39 is 0 Å². The van der Waals surface area contributed by atoms with Crippen LogP contribution in [0.5, 0.6) is 0 Å². The Bertz CT molecular complexity index is 810. The minimum Gasteiger partial charge on any atom is -0.342 e. The third kappa shape index (κ3) is 6.41. The minimum atomic E-state index is -0.192. The fourth-order valence-electron chi connectivity index (χ4n) is 3.86. The Morgan fingerprint density at radius 2 is 1.45 bits per heavy atom. The van der Waals surface area contributed by atoms with Gasteiger partial charge in [0.1, 0.15) is 32.7 Å². The molecule has 1 saturated heterocycles. The van der Waals surface area contributed by atoms with Crippen LogP contribution in [-0.2, 0) is 16.1 Å². The lowest BCUT2D eigenvalue weighted by atomic mass is 10.1. The maximum atomic E-state index is 12.3. The maximum absolute atomic E-state index is 12.3. The molecule has 6 heteroatoms. The van der Waals surface area contributed by atoms with Crippen molar-refractivity contribution in [3.8, 4) is 0 Å². The molecule has 154 valence electrons. The molecule has 0 spiro atoms. The SMILES string of the molecule is Cc1cccc(C)c1NC(=O)CNC(=O)C[NH+]1CC[NH+](Cc2ccccc2)CC1. The first kappa shape index (κ1) is 21.0. The van der Waals surface area contributed by atoms with Crippen molar-refractivity contribution in [2.24, 2.45) is 0 Å². The van der Waals surface area contributed by atoms with E-state index in [1.165, 1.54) is 10.5 Å². The van der Waals surface area contributed by atoms with E-state index in [4.69, 9.17) is 0 Å². The van der Waals surface area contributed by atoms with Gasteiger partial charge in [0.05, 0.1) is 6.54 Å². The molecule has 1 heterocycles. The summed E-state index contributed by atoms with van der Waals surface area (Å²) in [5, 5.41) is 5.66. The van der Waals surface area contributed by atoms with Crippen LogP contribution in [0.2, 0.25) is 0 Å². The molecule has 2 aromatic carbocycles. The molecule has 0 atom stereocenters. The molecule has 0 unspecified atom stereocenters. The maximum Gasteiger partial charge on any atom is 0.275 e. The largest absolute Gasteiger partial charge is 0.342 e. The lowest BCUT2D eigenvalue weighted by Crippen LogP contribution is -3.28. The third-order valence-corrected chi connectivity index (χ3v) is 5.56. The molecule has 2 aromatic rings. The van der Waals surface area contributed by atoms with Gasteiger partial charge in [-0.2, -0.15) is 0 Å². The van der Waals surface area contributed by atoms with Crippen molar-refractivity contribution in [1.82, 2.24) is 5.32 Å². The fraction of sp³-hybridized carbons (Fsp3) is 0.391. The second kappa shape index (κ2) is 10.2. The van der Waals surface area contributed by atoms with Crippen molar-refractivity contribution in [1.29, 1.82) is 0 Å². The van der Waals surface area contributed by atoms with Gasteiger partial charge in [-0.05, 0) is 25.0 Å². The Balaban J connectivity index is 1.36. The Kier molecular flexibility index (Phi) is 7.38. The number of quaternary nitrogens is 2. The number of rotatable bonds is 7. The van der Waals surface area contributed by atoms with Gasteiger partial charge in [0, 0.05) is 11.3 Å². The Hall–Kier alpha value is -2.70. The van der Waals surface area contributed by atoms with Crippen LogP contribution < -0.4 is 20.4 Å². The van der Waals surface area contributed by atoms with Crippen LogP contribution in [0.1, 0.15) is 16.7 Å². The number of anilines is 1. The number of hydrogen-bond donors (Lipinski definition) is 4. The summed E-state index contributed by atoms with van der Waals surface area (Å²) >= 11 is 0. The number of amides is 2. The van der Waals surface area contributed by atoms with Gasteiger partial charge in [0.25, 0.3) is 5.91 Å². The molecule has 29 heavy (non-hydrogen) atoms. The van der Waals surface area contributed by atoms with Crippen LogP contribution in [0.25, 0.3) is 0 Å². The molecule has 3 rings (SSSR count). The molecule has 0 aromatic heterocycles. The van der Waals surface area contributed by atoms with Crippen LogP contribution in [0.15, 0.2) is 48.5 Å². The van der Waals surface area contributed by atoms with Crippen LogP contribution in [-0.4, -0.2) is 51.1 Å². The number of aryl methyl sites for hydroxylation is 2. The van der Waals surface area contributed by atoms with Gasteiger partial charge in [0.2, 0.25) is 5.91 Å². The first-order valence-corrected chi connectivity index (χ1v) is 10.3. The summed E-state index contributed by atoms with van der Waals surface area (Å²) in [4.78, 5) is 27.3. The zero-order valence-electron chi connectivity index (χ0n) is 17.4. The Morgan fingerprint density at radius 3 is 2.10 bits per heavy atom. The molecular formula is C23H32N4O2+2. The summed E-state index contributed by atoms with van der Waals surface area (Å²) in [7, 11) is 0. The smallest absolute Gasteiger partial charge is 0.275 e. The summed E-state index contributed by atoms with van der Waals surface area (Å²) in [5.41, 5.74) is 4.23. The van der Waals surface area contributed by atoms with Gasteiger partial charge in [0.15, 0.2) is 6.54 Å². The summed E-state index contributed by atoms with van der Waals surface area (Å²) < 4.78 is 0. The van der Waals surface area contributed by atoms with Crippen molar-refractivity contribution >= 4 is 17.5 Å². The number of hydrogen-bond acceptors (Lipinski definition) is 2. The second-order valence-electron chi connectivity index (χ2n) is 7.93. The summed E-state index contributed by atoms with van der Waals surface area (Å²) in [6.45, 7) is 9.47. The lowest BCUT2D eigenvalue weighted by molar-refractivity contribution is -1.02. The molecule has 0 aliphatic carbocycles. The summed E-state index contributed by atoms with van der Waals surface area (Å²) in [6.07, 6.45) is 0. The number of benzene rings is 2. The number of piperazine rings is 1. The minimum absolute atomic E-state index is 0.00523. The average molecular weight is 397 g/mol. The van der Waals surface area contributed by atoms with Gasteiger partial charge < -0.3 is 20.4 Å². The van der Waals surface area contributed by atoms with E-state index >= 15 is 0 Å². The van der Waals surface area contributed by atoms with Gasteiger partial charge >= 0.3 is 0 Å². The number of carbonyl (C=O) groups is 2. The highest BCUT2D eigenvalue weighted by Crippen LogP contribution is 2.18. The first-order valence-electron chi connectivity index (χ1n) is 10.3. The van der Waals surface area contributed by atoms with Gasteiger partial charge in [-0.25, -0.2) is 0 Å². The molecule has 1 aliphatic rings. The molecule has 2 amide bonds. The average Bonchev–Trinajstić information content (AvgIpc) is 2.72. The number of carbonyl (C=O) groups excluding carboxylic acids is 2. The van der Waals surface area contributed by atoms with Crippen molar-refractivity contribution in [3.63, 3.8) is 0 Å². The van der Waals surface area contributed by atoms with Crippen LogP contribution in [0.4, 0.5) is 5.69 Å². The Labute approximate surface area is 172 Å². The molecule has 0 saturated carbocycles. The monoisotopic (exact) mass is 396 g/mol. The third-order valence-electron chi connectivity index (χ3n) is 5.56. The van der Waals surface area contributed by atoms with Gasteiger partial charge in [-0.1, -0.05) is 48.5 Å². The molecule has 0 radical (unpaired) electrons. The zero-order valence-corrected chi connectivity index (χ0v) is 17.4. The van der Waals surface area contributed by atoms with Gasteiger partial charge in [-0.15, -0.1) is 0 Å². The van der Waals surface area contributed by atoms with Crippen LogP contribution >= 0.6 is 0 Å². The second-order valence-corrected chi connectivity index (χ2v) is 7.93. The van der Waals surface area contributed by atoms with Crippen molar-refractivity contribution < 1.29 is 19.4 Å². The standard InChI is InChI=1S/C23H30N4O2/c1-18-7-6-8-19(2)23(18)25-21(28)15-24-22(29)17-27-13-11-26(12-14-27)16-20-9-4-3-5-10-20/h3-10H,11-17H2,1-2H3,(H,24,29)(H,25,28)/p+2. The lowest BCUT2D eigenvalue weighted by Gasteiger charge is -2.29. The highest BCUT2D eigenvalue weighted by molar-refractivity contribution is 5.95. The predicted octanol–water partition coefficient (Wildman–Crippen LogP) is -0.658. The van der Waals surface area contributed by atoms with E-state index in [1.807, 2.05) is 38.1 Å². The van der Waals surface area contributed by atoms with Crippen molar-refractivity contribution in [2.75, 3.05) is 44.6 Å².